The van der Waals surface area contributed by atoms with Crippen LogP contribution < -0.4 is 0 Å². The third-order valence-corrected chi connectivity index (χ3v) is 4.17. The summed E-state index contributed by atoms with van der Waals surface area (Å²) in [4.78, 5) is 24.5. The largest absolute Gasteiger partial charge is 0.465 e. The van der Waals surface area contributed by atoms with Gasteiger partial charge in [0.05, 0.1) is 17.6 Å². The molecule has 0 amide bonds. The van der Waals surface area contributed by atoms with Gasteiger partial charge in [0, 0.05) is 12.1 Å². The Morgan fingerprint density at radius 2 is 1.91 bits per heavy atom. The van der Waals surface area contributed by atoms with Crippen LogP contribution in [0, 0.1) is 10.1 Å². The second-order valence-electron chi connectivity index (χ2n) is 5.79. The Labute approximate surface area is 136 Å². The van der Waals surface area contributed by atoms with Gasteiger partial charge in [0.2, 0.25) is 0 Å². The predicted octanol–water partition coefficient (Wildman–Crippen LogP) is 3.46. The van der Waals surface area contributed by atoms with E-state index >= 15 is 0 Å². The predicted molar refractivity (Wildman–Crippen MR) is 87.1 cm³/mol. The van der Waals surface area contributed by atoms with Gasteiger partial charge in [-0.1, -0.05) is 38.3 Å². The minimum atomic E-state index is -0.415. The molecule has 23 heavy (non-hydrogen) atoms. The van der Waals surface area contributed by atoms with Crippen molar-refractivity contribution in [2.45, 2.75) is 51.6 Å². The first-order valence-electron chi connectivity index (χ1n) is 8.26. The molecule has 1 aromatic carbocycles. The van der Waals surface area contributed by atoms with Gasteiger partial charge in [-0.2, -0.15) is 0 Å². The Balaban J connectivity index is 2.03. The molecule has 0 bridgehead atoms. The highest BCUT2D eigenvalue weighted by Gasteiger charge is 2.53. The lowest BCUT2D eigenvalue weighted by atomic mass is 10.1. The van der Waals surface area contributed by atoms with Crippen LogP contribution in [-0.4, -0.2) is 35.0 Å². The van der Waals surface area contributed by atoms with Gasteiger partial charge in [-0.05, 0) is 25.5 Å². The van der Waals surface area contributed by atoms with Gasteiger partial charge in [-0.25, -0.2) is 0 Å². The van der Waals surface area contributed by atoms with Crippen molar-refractivity contribution in [1.29, 1.82) is 0 Å². The molecule has 1 fully saturated rings. The summed E-state index contributed by atoms with van der Waals surface area (Å²) in [5.74, 6) is -0.202. The van der Waals surface area contributed by atoms with Crippen molar-refractivity contribution >= 4 is 11.7 Å². The summed E-state index contributed by atoms with van der Waals surface area (Å²) in [5, 5.41) is 10.7. The monoisotopic (exact) mass is 320 g/mol. The van der Waals surface area contributed by atoms with E-state index in [2.05, 4.69) is 11.8 Å². The summed E-state index contributed by atoms with van der Waals surface area (Å²) >= 11 is 0. The van der Waals surface area contributed by atoms with Crippen molar-refractivity contribution in [3.8, 4) is 0 Å². The van der Waals surface area contributed by atoms with Crippen molar-refractivity contribution in [3.05, 3.63) is 39.9 Å². The van der Waals surface area contributed by atoms with Crippen LogP contribution in [0.15, 0.2) is 24.3 Å². The SMILES string of the molecule is CCCCCCN1[C@@H](C(=O)OCC)[C@@H]1c1ccc([N+](=O)[O-])cc1. The van der Waals surface area contributed by atoms with Crippen LogP contribution in [0.3, 0.4) is 0 Å². The van der Waals surface area contributed by atoms with Gasteiger partial charge in [0.15, 0.2) is 0 Å². The molecule has 0 radical (unpaired) electrons. The van der Waals surface area contributed by atoms with Gasteiger partial charge in [-0.3, -0.25) is 19.8 Å². The van der Waals surface area contributed by atoms with E-state index in [0.29, 0.717) is 6.61 Å². The minimum Gasteiger partial charge on any atom is -0.465 e. The molecular weight excluding hydrogens is 296 g/mol. The Morgan fingerprint density at radius 1 is 1.22 bits per heavy atom. The molecule has 2 rings (SSSR count). The Hall–Kier alpha value is -1.95. The third-order valence-electron chi connectivity index (χ3n) is 4.17. The quantitative estimate of drug-likeness (QED) is 0.229. The molecule has 1 aliphatic heterocycles. The van der Waals surface area contributed by atoms with Crippen LogP contribution in [0.4, 0.5) is 5.69 Å². The van der Waals surface area contributed by atoms with Crippen LogP contribution >= 0.6 is 0 Å². The molecule has 0 aromatic heterocycles. The molecular formula is C17H24N2O4. The highest BCUT2D eigenvalue weighted by Crippen LogP contribution is 2.44. The lowest BCUT2D eigenvalue weighted by molar-refractivity contribution is -0.384. The summed E-state index contributed by atoms with van der Waals surface area (Å²) in [7, 11) is 0. The number of carbonyl (C=O) groups is 1. The summed E-state index contributed by atoms with van der Waals surface area (Å²) in [6.07, 6.45) is 4.57. The minimum absolute atomic E-state index is 0.0171. The fourth-order valence-corrected chi connectivity index (χ4v) is 2.93. The molecule has 0 N–H and O–H groups in total. The lowest BCUT2D eigenvalue weighted by Gasteiger charge is -2.04. The Bertz CT molecular complexity index is 544. The number of hydrogen-bond acceptors (Lipinski definition) is 5. The van der Waals surface area contributed by atoms with Crippen molar-refractivity contribution in [2.24, 2.45) is 0 Å². The van der Waals surface area contributed by atoms with Crippen LogP contribution in [0.5, 0.6) is 0 Å². The van der Waals surface area contributed by atoms with Crippen LogP contribution in [0.2, 0.25) is 0 Å². The zero-order valence-electron chi connectivity index (χ0n) is 13.7. The first-order valence-corrected chi connectivity index (χ1v) is 8.26. The summed E-state index contributed by atoms with van der Waals surface area (Å²) in [6.45, 7) is 5.18. The van der Waals surface area contributed by atoms with Crippen molar-refractivity contribution < 1.29 is 14.5 Å². The molecule has 3 atom stereocenters. The van der Waals surface area contributed by atoms with E-state index in [9.17, 15) is 14.9 Å². The number of rotatable bonds is 9. The molecule has 1 saturated heterocycles. The molecule has 0 spiro atoms. The van der Waals surface area contributed by atoms with E-state index in [0.717, 1.165) is 24.9 Å². The van der Waals surface area contributed by atoms with Gasteiger partial charge in [-0.15, -0.1) is 0 Å². The molecule has 0 saturated carbocycles. The fraction of sp³-hybridized carbons (Fsp3) is 0.588. The molecule has 6 heteroatoms. The van der Waals surface area contributed by atoms with Crippen molar-refractivity contribution in [2.75, 3.05) is 13.2 Å². The van der Waals surface area contributed by atoms with Crippen molar-refractivity contribution in [1.82, 2.24) is 4.90 Å². The van der Waals surface area contributed by atoms with Gasteiger partial charge in [0.1, 0.15) is 6.04 Å². The molecule has 1 heterocycles. The maximum Gasteiger partial charge on any atom is 0.325 e. The molecule has 1 aromatic rings. The van der Waals surface area contributed by atoms with E-state index < -0.39 is 4.92 Å². The zero-order valence-corrected chi connectivity index (χ0v) is 13.7. The smallest absolute Gasteiger partial charge is 0.325 e. The topological polar surface area (TPSA) is 72.5 Å². The van der Waals surface area contributed by atoms with E-state index in [1.165, 1.54) is 25.0 Å². The summed E-state index contributed by atoms with van der Waals surface area (Å²) < 4.78 is 5.15. The fourth-order valence-electron chi connectivity index (χ4n) is 2.93. The number of nitro groups is 1. The van der Waals surface area contributed by atoms with Crippen LogP contribution in [-0.2, 0) is 9.53 Å². The number of non-ortho nitro benzene ring substituents is 1. The third kappa shape index (κ3) is 4.28. The summed E-state index contributed by atoms with van der Waals surface area (Å²) in [6, 6.07) is 6.19. The number of esters is 1. The molecule has 1 unspecified atom stereocenters. The highest BCUT2D eigenvalue weighted by molar-refractivity contribution is 5.80. The number of unbranched alkanes of at least 4 members (excludes halogenated alkanes) is 3. The van der Waals surface area contributed by atoms with Gasteiger partial charge in [0.25, 0.3) is 5.69 Å². The second kappa shape index (κ2) is 8.06. The number of benzene rings is 1. The zero-order chi connectivity index (χ0) is 16.8. The first-order chi connectivity index (χ1) is 11.1. The molecule has 6 nitrogen and oxygen atoms in total. The average Bonchev–Trinajstić information content (AvgIpc) is 3.26. The molecule has 0 aliphatic carbocycles. The first kappa shape index (κ1) is 17.4. The van der Waals surface area contributed by atoms with Gasteiger partial charge >= 0.3 is 5.97 Å². The Morgan fingerprint density at radius 3 is 2.48 bits per heavy atom. The van der Waals surface area contributed by atoms with E-state index in [-0.39, 0.29) is 23.7 Å². The standard InChI is InChI=1S/C17H24N2O4/c1-3-5-6-7-12-18-15(16(18)17(20)23-4-2)13-8-10-14(11-9-13)19(21)22/h8-11,15-16H,3-7,12H2,1-2H3/t15-,16+,18?/m0/s1. The van der Waals surface area contributed by atoms with Crippen molar-refractivity contribution in [3.63, 3.8) is 0 Å². The second-order valence-corrected chi connectivity index (χ2v) is 5.79. The maximum atomic E-state index is 12.1. The number of carbonyl (C=O) groups excluding carboxylic acids is 1. The van der Waals surface area contributed by atoms with Crippen LogP contribution in [0.25, 0.3) is 0 Å². The number of hydrogen-bond donors (Lipinski definition) is 0. The van der Waals surface area contributed by atoms with Gasteiger partial charge < -0.3 is 4.74 Å². The summed E-state index contributed by atoms with van der Waals surface area (Å²) in [5.41, 5.74) is 1.00. The maximum absolute atomic E-state index is 12.1. The number of nitro benzene ring substituents is 1. The Kier molecular flexibility index (Phi) is 6.10. The van der Waals surface area contributed by atoms with E-state index in [1.54, 1.807) is 19.1 Å². The van der Waals surface area contributed by atoms with E-state index in [4.69, 9.17) is 4.74 Å². The molecule has 1 aliphatic rings. The normalized spacial score (nSPS) is 22.6. The van der Waals surface area contributed by atoms with Crippen LogP contribution in [0.1, 0.15) is 51.1 Å². The number of nitrogens with zero attached hydrogens (tertiary/aromatic N) is 2. The van der Waals surface area contributed by atoms with E-state index in [1.807, 2.05) is 0 Å². The lowest BCUT2D eigenvalue weighted by Crippen LogP contribution is -2.16. The average molecular weight is 320 g/mol. The number of ether oxygens (including phenoxy) is 1. The highest BCUT2D eigenvalue weighted by atomic mass is 16.6. The molecule has 126 valence electrons.